The summed E-state index contributed by atoms with van der Waals surface area (Å²) in [5.41, 5.74) is 3.22. The molecule has 1 aliphatic heterocycles. The van der Waals surface area contributed by atoms with Gasteiger partial charge < -0.3 is 9.84 Å². The highest BCUT2D eigenvalue weighted by molar-refractivity contribution is 9.10. The number of halogens is 1. The molecular weight excluding hydrogens is 346 g/mol. The van der Waals surface area contributed by atoms with Crippen LogP contribution in [0.4, 0.5) is 5.69 Å². The van der Waals surface area contributed by atoms with Gasteiger partial charge >= 0.3 is 5.97 Å². The molecule has 1 aliphatic rings. The average molecular weight is 360 g/mol. The molecule has 0 bridgehead atoms. The molecule has 3 rings (SSSR count). The van der Waals surface area contributed by atoms with Gasteiger partial charge in [-0.15, -0.1) is 0 Å². The second-order valence-corrected chi connectivity index (χ2v) is 6.06. The minimum atomic E-state index is -0.853. The van der Waals surface area contributed by atoms with Crippen molar-refractivity contribution in [3.63, 3.8) is 0 Å². The molecule has 0 saturated carbocycles. The van der Waals surface area contributed by atoms with Crippen molar-refractivity contribution in [2.75, 3.05) is 6.61 Å². The van der Waals surface area contributed by atoms with Crippen LogP contribution < -0.4 is 4.74 Å². The summed E-state index contributed by atoms with van der Waals surface area (Å²) in [6.45, 7) is 2.07. The largest absolute Gasteiger partial charge is 0.485 e. The quantitative estimate of drug-likeness (QED) is 0.895. The fourth-order valence-electron chi connectivity index (χ4n) is 2.27. The number of hydrogen-bond acceptors (Lipinski definition) is 3. The number of benzene rings is 2. The first-order valence-electron chi connectivity index (χ1n) is 6.87. The molecule has 1 atom stereocenters. The number of aliphatic imine (C=N–C) groups is 1. The van der Waals surface area contributed by atoms with E-state index in [1.54, 1.807) is 25.1 Å². The Labute approximate surface area is 136 Å². The van der Waals surface area contributed by atoms with Crippen LogP contribution in [0.15, 0.2) is 51.9 Å². The van der Waals surface area contributed by atoms with Gasteiger partial charge in [-0.25, -0.2) is 4.99 Å². The molecule has 0 fully saturated rings. The minimum absolute atomic E-state index is 0.405. The lowest BCUT2D eigenvalue weighted by molar-refractivity contribution is -0.138. The van der Waals surface area contributed by atoms with Crippen LogP contribution in [0.25, 0.3) is 0 Å². The summed E-state index contributed by atoms with van der Waals surface area (Å²) in [5, 5.41) is 9.12. The lowest BCUT2D eigenvalue weighted by Crippen LogP contribution is -2.16. The molecule has 1 heterocycles. The highest BCUT2D eigenvalue weighted by atomic mass is 79.9. The number of carbonyl (C=O) groups is 1. The van der Waals surface area contributed by atoms with E-state index in [0.717, 1.165) is 21.3 Å². The minimum Gasteiger partial charge on any atom is -0.485 e. The molecule has 0 amide bonds. The molecule has 2 aromatic rings. The third-order valence-corrected chi connectivity index (χ3v) is 4.18. The standard InChI is InChI=1S/C17H14BrNO3/c1-10(17(20)21)12-4-7-16-14(8-12)19-15(9-22-16)11-2-5-13(18)6-3-11/h2-8,10H,9H2,1H3,(H,20,21). The maximum Gasteiger partial charge on any atom is 0.310 e. The van der Waals surface area contributed by atoms with Gasteiger partial charge in [0.05, 0.1) is 11.6 Å². The lowest BCUT2D eigenvalue weighted by Gasteiger charge is -2.18. The van der Waals surface area contributed by atoms with Gasteiger partial charge in [-0.1, -0.05) is 34.1 Å². The van der Waals surface area contributed by atoms with E-state index < -0.39 is 11.9 Å². The normalized spacial score (nSPS) is 14.5. The van der Waals surface area contributed by atoms with Crippen LogP contribution in [0.1, 0.15) is 24.0 Å². The number of hydrogen-bond donors (Lipinski definition) is 1. The average Bonchev–Trinajstić information content (AvgIpc) is 2.53. The zero-order valence-corrected chi connectivity index (χ0v) is 13.5. The topological polar surface area (TPSA) is 58.9 Å². The molecule has 112 valence electrons. The van der Waals surface area contributed by atoms with Crippen LogP contribution in [0.3, 0.4) is 0 Å². The zero-order chi connectivity index (χ0) is 15.7. The second-order valence-electron chi connectivity index (χ2n) is 5.14. The Morgan fingerprint density at radius 2 is 2.00 bits per heavy atom. The van der Waals surface area contributed by atoms with E-state index in [4.69, 9.17) is 9.84 Å². The Morgan fingerprint density at radius 1 is 1.27 bits per heavy atom. The molecule has 0 aromatic heterocycles. The van der Waals surface area contributed by atoms with Crippen LogP contribution in [0.2, 0.25) is 0 Å². The predicted molar refractivity (Wildman–Crippen MR) is 88.3 cm³/mol. The van der Waals surface area contributed by atoms with Gasteiger partial charge in [0.1, 0.15) is 18.0 Å². The van der Waals surface area contributed by atoms with Crippen molar-refractivity contribution in [1.29, 1.82) is 0 Å². The van der Waals surface area contributed by atoms with Crippen molar-refractivity contribution < 1.29 is 14.6 Å². The summed E-state index contributed by atoms with van der Waals surface area (Å²) in [7, 11) is 0. The molecule has 2 aromatic carbocycles. The third-order valence-electron chi connectivity index (χ3n) is 3.65. The molecule has 22 heavy (non-hydrogen) atoms. The monoisotopic (exact) mass is 359 g/mol. The highest BCUT2D eigenvalue weighted by Gasteiger charge is 2.19. The van der Waals surface area contributed by atoms with Gasteiger partial charge in [0, 0.05) is 4.47 Å². The second kappa shape index (κ2) is 5.93. The molecule has 1 N–H and O–H groups in total. The van der Waals surface area contributed by atoms with Crippen molar-refractivity contribution >= 4 is 33.3 Å². The highest BCUT2D eigenvalue weighted by Crippen LogP contribution is 2.34. The van der Waals surface area contributed by atoms with Crippen molar-refractivity contribution in [3.8, 4) is 5.75 Å². The van der Waals surface area contributed by atoms with Crippen molar-refractivity contribution in [2.45, 2.75) is 12.8 Å². The van der Waals surface area contributed by atoms with E-state index in [0.29, 0.717) is 18.0 Å². The Balaban J connectivity index is 1.98. The number of carboxylic acid groups (broad SMARTS) is 1. The van der Waals surface area contributed by atoms with Crippen LogP contribution >= 0.6 is 15.9 Å². The number of nitrogens with zero attached hydrogens (tertiary/aromatic N) is 1. The van der Waals surface area contributed by atoms with E-state index in [-0.39, 0.29) is 0 Å². The van der Waals surface area contributed by atoms with Crippen molar-refractivity contribution in [3.05, 3.63) is 58.1 Å². The summed E-state index contributed by atoms with van der Waals surface area (Å²) in [6.07, 6.45) is 0. The van der Waals surface area contributed by atoms with Gasteiger partial charge in [-0.3, -0.25) is 4.79 Å². The zero-order valence-electron chi connectivity index (χ0n) is 11.9. The molecule has 5 heteroatoms. The van der Waals surface area contributed by atoms with E-state index in [2.05, 4.69) is 20.9 Å². The van der Waals surface area contributed by atoms with Crippen LogP contribution in [-0.4, -0.2) is 23.4 Å². The SMILES string of the molecule is CC(C(=O)O)c1ccc2c(c1)N=C(c1ccc(Br)cc1)CO2. The smallest absolute Gasteiger partial charge is 0.310 e. The Kier molecular flexibility index (Phi) is 3.98. The molecule has 4 nitrogen and oxygen atoms in total. The first-order valence-corrected chi connectivity index (χ1v) is 7.67. The molecule has 0 aliphatic carbocycles. The third kappa shape index (κ3) is 2.90. The summed E-state index contributed by atoms with van der Waals surface area (Å²) in [4.78, 5) is 15.7. The van der Waals surface area contributed by atoms with Crippen molar-refractivity contribution in [1.82, 2.24) is 0 Å². The Bertz CT molecular complexity index is 753. The summed E-state index contributed by atoms with van der Waals surface area (Å²) in [5.74, 6) is -0.741. The molecule has 0 saturated heterocycles. The number of rotatable bonds is 3. The summed E-state index contributed by atoms with van der Waals surface area (Å²) < 4.78 is 6.73. The van der Waals surface area contributed by atoms with Crippen LogP contribution in [0, 0.1) is 0 Å². The van der Waals surface area contributed by atoms with E-state index in [9.17, 15) is 4.79 Å². The number of aliphatic carboxylic acids is 1. The predicted octanol–water partition coefficient (Wildman–Crippen LogP) is 4.15. The summed E-state index contributed by atoms with van der Waals surface area (Å²) in [6, 6.07) is 13.2. The van der Waals surface area contributed by atoms with Crippen molar-refractivity contribution in [2.24, 2.45) is 4.99 Å². The number of ether oxygens (including phenoxy) is 1. The van der Waals surface area contributed by atoms with Gasteiger partial charge in [-0.05, 0) is 42.3 Å². The number of carboxylic acids is 1. The lowest BCUT2D eigenvalue weighted by atomic mass is 10.00. The summed E-state index contributed by atoms with van der Waals surface area (Å²) >= 11 is 3.41. The number of fused-ring (bicyclic) bond motifs is 1. The molecule has 0 spiro atoms. The van der Waals surface area contributed by atoms with E-state index in [1.165, 1.54) is 0 Å². The maximum atomic E-state index is 11.1. The Morgan fingerprint density at radius 3 is 2.68 bits per heavy atom. The van der Waals surface area contributed by atoms with Gasteiger partial charge in [0.15, 0.2) is 0 Å². The molecular formula is C17H14BrNO3. The Hall–Kier alpha value is -2.14. The fraction of sp³-hybridized carbons (Fsp3) is 0.176. The van der Waals surface area contributed by atoms with E-state index >= 15 is 0 Å². The fourth-order valence-corrected chi connectivity index (χ4v) is 2.53. The van der Waals surface area contributed by atoms with Crippen LogP contribution in [-0.2, 0) is 4.79 Å². The molecule has 1 unspecified atom stereocenters. The molecule has 0 radical (unpaired) electrons. The van der Waals surface area contributed by atoms with Crippen LogP contribution in [0.5, 0.6) is 5.75 Å². The maximum absolute atomic E-state index is 11.1. The first-order chi connectivity index (χ1) is 10.5. The van der Waals surface area contributed by atoms with Gasteiger partial charge in [-0.2, -0.15) is 0 Å². The van der Waals surface area contributed by atoms with E-state index in [1.807, 2.05) is 24.3 Å². The van der Waals surface area contributed by atoms with Gasteiger partial charge in [0.25, 0.3) is 0 Å². The van der Waals surface area contributed by atoms with Gasteiger partial charge in [0.2, 0.25) is 0 Å². The first kappa shape index (κ1) is 14.8.